The molecule has 21 heavy (non-hydrogen) atoms. The molecule has 108 valence electrons. The van der Waals surface area contributed by atoms with Crippen LogP contribution in [0.15, 0.2) is 39.2 Å². The molecule has 0 aliphatic rings. The fourth-order valence-electron chi connectivity index (χ4n) is 1.97. The van der Waals surface area contributed by atoms with Gasteiger partial charge in [0.25, 0.3) is 0 Å². The van der Waals surface area contributed by atoms with Crippen LogP contribution in [0.1, 0.15) is 11.3 Å². The summed E-state index contributed by atoms with van der Waals surface area (Å²) in [7, 11) is 1.78. The van der Waals surface area contributed by atoms with Gasteiger partial charge in [-0.25, -0.2) is 4.68 Å². The number of aromatic nitrogens is 4. The van der Waals surface area contributed by atoms with Crippen molar-refractivity contribution in [2.24, 2.45) is 7.05 Å². The molecule has 0 saturated carbocycles. The van der Waals surface area contributed by atoms with E-state index in [1.54, 1.807) is 11.7 Å². The Kier molecular flexibility index (Phi) is 3.74. The van der Waals surface area contributed by atoms with E-state index in [2.05, 4.69) is 49.8 Å². The number of benzene rings is 1. The Morgan fingerprint density at radius 1 is 1.29 bits per heavy atom. The average Bonchev–Trinajstić information content (AvgIpc) is 3.09. The van der Waals surface area contributed by atoms with Crippen molar-refractivity contribution in [2.75, 3.05) is 5.32 Å². The minimum absolute atomic E-state index is 0.531. The van der Waals surface area contributed by atoms with E-state index in [1.165, 1.54) is 5.56 Å². The molecule has 3 rings (SSSR count). The van der Waals surface area contributed by atoms with Crippen molar-refractivity contribution < 1.29 is 4.42 Å². The molecular formula is C14H14BrN5O. The Hall–Kier alpha value is -2.15. The summed E-state index contributed by atoms with van der Waals surface area (Å²) in [6, 6.07) is 10.1. The van der Waals surface area contributed by atoms with Gasteiger partial charge in [0.2, 0.25) is 5.95 Å². The standard InChI is InChI=1S/C14H14BrN5O/c1-9-7-10(3-5-12(9)15)13-6-4-11(21-13)8-16-14-17-18-19-20(14)2/h3-7H,8H2,1-2H3,(H,16,17,19). The normalized spacial score (nSPS) is 10.8. The number of hydrogen-bond donors (Lipinski definition) is 1. The lowest BCUT2D eigenvalue weighted by molar-refractivity contribution is 0.530. The fraction of sp³-hybridized carbons (Fsp3) is 0.214. The number of halogens is 1. The van der Waals surface area contributed by atoms with Crippen LogP contribution in [0, 0.1) is 6.92 Å². The highest BCUT2D eigenvalue weighted by Crippen LogP contribution is 2.26. The minimum atomic E-state index is 0.531. The van der Waals surface area contributed by atoms with Gasteiger partial charge in [-0.2, -0.15) is 0 Å². The fourth-order valence-corrected chi connectivity index (χ4v) is 2.22. The van der Waals surface area contributed by atoms with Gasteiger partial charge in [-0.3, -0.25) is 0 Å². The molecule has 2 aromatic heterocycles. The second kappa shape index (κ2) is 5.69. The Morgan fingerprint density at radius 2 is 2.14 bits per heavy atom. The Morgan fingerprint density at radius 3 is 2.86 bits per heavy atom. The predicted octanol–water partition coefficient (Wildman–Crippen LogP) is 3.15. The van der Waals surface area contributed by atoms with E-state index in [4.69, 9.17) is 4.42 Å². The summed E-state index contributed by atoms with van der Waals surface area (Å²) in [6.45, 7) is 2.59. The third kappa shape index (κ3) is 2.97. The molecule has 0 fully saturated rings. The van der Waals surface area contributed by atoms with Crippen molar-refractivity contribution in [3.8, 4) is 11.3 Å². The van der Waals surface area contributed by atoms with Crippen molar-refractivity contribution in [2.45, 2.75) is 13.5 Å². The minimum Gasteiger partial charge on any atom is -0.459 e. The summed E-state index contributed by atoms with van der Waals surface area (Å²) in [5, 5.41) is 14.3. The Balaban J connectivity index is 1.74. The van der Waals surface area contributed by atoms with Crippen molar-refractivity contribution in [1.29, 1.82) is 0 Å². The van der Waals surface area contributed by atoms with Crippen molar-refractivity contribution >= 4 is 21.9 Å². The first-order chi connectivity index (χ1) is 10.1. The van der Waals surface area contributed by atoms with Crippen LogP contribution < -0.4 is 5.32 Å². The molecule has 0 saturated heterocycles. The maximum absolute atomic E-state index is 5.85. The van der Waals surface area contributed by atoms with Crippen LogP contribution in [0.4, 0.5) is 5.95 Å². The number of tetrazole rings is 1. The van der Waals surface area contributed by atoms with E-state index in [-0.39, 0.29) is 0 Å². The maximum atomic E-state index is 5.85. The third-order valence-corrected chi connectivity index (χ3v) is 4.03. The average molecular weight is 348 g/mol. The van der Waals surface area contributed by atoms with Crippen molar-refractivity contribution in [3.05, 3.63) is 46.1 Å². The molecular weight excluding hydrogens is 334 g/mol. The lowest BCUT2D eigenvalue weighted by Crippen LogP contribution is -2.04. The lowest BCUT2D eigenvalue weighted by Gasteiger charge is -2.03. The Labute approximate surface area is 130 Å². The highest BCUT2D eigenvalue weighted by Gasteiger charge is 2.07. The second-order valence-corrected chi connectivity index (χ2v) is 5.56. The topological polar surface area (TPSA) is 68.8 Å². The predicted molar refractivity (Wildman–Crippen MR) is 82.7 cm³/mol. The van der Waals surface area contributed by atoms with Gasteiger partial charge < -0.3 is 9.73 Å². The van der Waals surface area contributed by atoms with Crippen LogP contribution in [0.25, 0.3) is 11.3 Å². The number of anilines is 1. The van der Waals surface area contributed by atoms with Crippen molar-refractivity contribution in [3.63, 3.8) is 0 Å². The molecule has 1 aromatic carbocycles. The van der Waals surface area contributed by atoms with Crippen LogP contribution in [0.3, 0.4) is 0 Å². The summed E-state index contributed by atoms with van der Waals surface area (Å²) >= 11 is 3.50. The van der Waals surface area contributed by atoms with E-state index in [9.17, 15) is 0 Å². The quantitative estimate of drug-likeness (QED) is 0.784. The van der Waals surface area contributed by atoms with Crippen LogP contribution >= 0.6 is 15.9 Å². The number of aryl methyl sites for hydroxylation is 2. The first-order valence-electron chi connectivity index (χ1n) is 6.45. The highest BCUT2D eigenvalue weighted by atomic mass is 79.9. The van der Waals surface area contributed by atoms with E-state index >= 15 is 0 Å². The summed E-state index contributed by atoms with van der Waals surface area (Å²) in [4.78, 5) is 0. The van der Waals surface area contributed by atoms with Gasteiger partial charge in [0.15, 0.2) is 0 Å². The molecule has 0 amide bonds. The summed E-state index contributed by atoms with van der Waals surface area (Å²) in [5.74, 6) is 2.28. The van der Waals surface area contributed by atoms with Gasteiger partial charge in [0, 0.05) is 17.1 Å². The number of hydrogen-bond acceptors (Lipinski definition) is 5. The van der Waals surface area contributed by atoms with E-state index in [1.807, 2.05) is 24.3 Å². The van der Waals surface area contributed by atoms with Gasteiger partial charge in [0.1, 0.15) is 11.5 Å². The molecule has 1 N–H and O–H groups in total. The van der Waals surface area contributed by atoms with Crippen LogP contribution in [-0.2, 0) is 13.6 Å². The number of nitrogens with one attached hydrogen (secondary N) is 1. The molecule has 0 spiro atoms. The zero-order valence-corrected chi connectivity index (χ0v) is 13.3. The lowest BCUT2D eigenvalue weighted by atomic mass is 10.1. The summed E-state index contributed by atoms with van der Waals surface area (Å²) < 4.78 is 8.51. The largest absolute Gasteiger partial charge is 0.459 e. The summed E-state index contributed by atoms with van der Waals surface area (Å²) in [5.41, 5.74) is 2.23. The molecule has 0 aliphatic heterocycles. The number of furan rings is 1. The molecule has 0 radical (unpaired) electrons. The molecule has 0 unspecified atom stereocenters. The zero-order valence-electron chi connectivity index (χ0n) is 11.7. The van der Waals surface area contributed by atoms with Gasteiger partial charge in [-0.05, 0) is 47.2 Å². The van der Waals surface area contributed by atoms with Crippen molar-refractivity contribution in [1.82, 2.24) is 20.2 Å². The zero-order chi connectivity index (χ0) is 14.8. The molecule has 0 atom stereocenters. The first kappa shape index (κ1) is 13.8. The molecule has 7 heteroatoms. The smallest absolute Gasteiger partial charge is 0.243 e. The second-order valence-electron chi connectivity index (χ2n) is 4.71. The molecule has 0 bridgehead atoms. The van der Waals surface area contributed by atoms with Gasteiger partial charge in [0.05, 0.1) is 6.54 Å². The number of rotatable bonds is 4. The van der Waals surface area contributed by atoms with Gasteiger partial charge in [-0.15, -0.1) is 0 Å². The molecule has 0 aliphatic carbocycles. The summed E-state index contributed by atoms with van der Waals surface area (Å²) in [6.07, 6.45) is 0. The van der Waals surface area contributed by atoms with E-state index in [0.29, 0.717) is 12.5 Å². The van der Waals surface area contributed by atoms with Crippen LogP contribution in [0.5, 0.6) is 0 Å². The number of nitrogens with zero attached hydrogens (tertiary/aromatic N) is 4. The molecule has 3 aromatic rings. The monoisotopic (exact) mass is 347 g/mol. The van der Waals surface area contributed by atoms with Gasteiger partial charge >= 0.3 is 0 Å². The SMILES string of the molecule is Cc1cc(-c2ccc(CNc3nnnn3C)o2)ccc1Br. The van der Waals surface area contributed by atoms with E-state index in [0.717, 1.165) is 21.6 Å². The van der Waals surface area contributed by atoms with Crippen LogP contribution in [-0.4, -0.2) is 20.2 Å². The first-order valence-corrected chi connectivity index (χ1v) is 7.24. The maximum Gasteiger partial charge on any atom is 0.243 e. The highest BCUT2D eigenvalue weighted by molar-refractivity contribution is 9.10. The molecule has 2 heterocycles. The Bertz CT molecular complexity index is 764. The van der Waals surface area contributed by atoms with Crippen LogP contribution in [0.2, 0.25) is 0 Å². The van der Waals surface area contributed by atoms with E-state index < -0.39 is 0 Å². The molecule has 6 nitrogen and oxygen atoms in total. The third-order valence-electron chi connectivity index (χ3n) is 3.14. The van der Waals surface area contributed by atoms with Gasteiger partial charge in [-0.1, -0.05) is 27.1 Å².